The van der Waals surface area contributed by atoms with Crippen LogP contribution in [0.25, 0.3) is 10.9 Å². The van der Waals surface area contributed by atoms with Crippen molar-refractivity contribution in [2.24, 2.45) is 5.92 Å². The second kappa shape index (κ2) is 6.99. The second-order valence-corrected chi connectivity index (χ2v) is 5.30. The molecule has 1 heterocycles. The molecule has 0 saturated heterocycles. The second-order valence-electron chi connectivity index (χ2n) is 5.30. The molecule has 2 atom stereocenters. The van der Waals surface area contributed by atoms with E-state index in [1.165, 1.54) is 0 Å². The van der Waals surface area contributed by atoms with E-state index in [4.69, 9.17) is 5.11 Å². The number of aliphatic carboxylic acids is 1. The van der Waals surface area contributed by atoms with Crippen LogP contribution in [0, 0.1) is 5.92 Å². The van der Waals surface area contributed by atoms with Crippen molar-refractivity contribution in [1.82, 2.24) is 20.3 Å². The number of nitrogens with zero attached hydrogens (tertiary/aromatic N) is 3. The summed E-state index contributed by atoms with van der Waals surface area (Å²) in [4.78, 5) is 35.6. The third-order valence-corrected chi connectivity index (χ3v) is 3.72. The van der Waals surface area contributed by atoms with Crippen LogP contribution in [0.2, 0.25) is 0 Å². The summed E-state index contributed by atoms with van der Waals surface area (Å²) in [6.07, 6.45) is 0.617. The van der Waals surface area contributed by atoms with Crippen LogP contribution in [-0.2, 0) is 9.59 Å². The number of carbonyl (C=O) groups is 2. The van der Waals surface area contributed by atoms with Gasteiger partial charge in [-0.1, -0.05) is 37.6 Å². The first kappa shape index (κ1) is 16.6. The number of carboxylic acid groups (broad SMARTS) is 1. The molecule has 1 aromatic heterocycles. The lowest BCUT2D eigenvalue weighted by Gasteiger charge is -2.22. The van der Waals surface area contributed by atoms with Gasteiger partial charge in [-0.25, -0.2) is 0 Å². The van der Waals surface area contributed by atoms with Gasteiger partial charge in [0.1, 0.15) is 18.1 Å². The molecule has 2 rings (SSSR count). The monoisotopic (exact) mass is 318 g/mol. The molecule has 2 N–H and O–H groups in total. The van der Waals surface area contributed by atoms with Gasteiger partial charge in [0.25, 0.3) is 5.56 Å². The lowest BCUT2D eigenvalue weighted by molar-refractivity contribution is -0.138. The summed E-state index contributed by atoms with van der Waals surface area (Å²) in [6, 6.07) is 5.82. The SMILES string of the molecule is CC[C@H](C)[C@@H](C(=O)NCC(=O)O)n1nnc2ccccc2c1=O. The molecule has 1 aromatic carbocycles. The van der Waals surface area contributed by atoms with E-state index in [0.29, 0.717) is 17.3 Å². The van der Waals surface area contributed by atoms with Crippen LogP contribution in [0.15, 0.2) is 29.1 Å². The van der Waals surface area contributed by atoms with Crippen molar-refractivity contribution in [1.29, 1.82) is 0 Å². The quantitative estimate of drug-likeness (QED) is 0.805. The van der Waals surface area contributed by atoms with Gasteiger partial charge < -0.3 is 10.4 Å². The van der Waals surface area contributed by atoms with E-state index in [2.05, 4.69) is 15.6 Å². The van der Waals surface area contributed by atoms with E-state index in [1.54, 1.807) is 31.2 Å². The Balaban J connectivity index is 2.47. The Morgan fingerprint density at radius 3 is 2.70 bits per heavy atom. The minimum absolute atomic E-state index is 0.211. The smallest absolute Gasteiger partial charge is 0.322 e. The van der Waals surface area contributed by atoms with Crippen LogP contribution in [0.5, 0.6) is 0 Å². The fourth-order valence-electron chi connectivity index (χ4n) is 2.29. The van der Waals surface area contributed by atoms with Crippen molar-refractivity contribution in [2.75, 3.05) is 6.54 Å². The zero-order chi connectivity index (χ0) is 17.0. The van der Waals surface area contributed by atoms with Crippen LogP contribution >= 0.6 is 0 Å². The van der Waals surface area contributed by atoms with Crippen LogP contribution < -0.4 is 10.9 Å². The van der Waals surface area contributed by atoms with Crippen molar-refractivity contribution in [2.45, 2.75) is 26.3 Å². The van der Waals surface area contributed by atoms with Crippen molar-refractivity contribution in [3.63, 3.8) is 0 Å². The minimum Gasteiger partial charge on any atom is -0.480 e. The van der Waals surface area contributed by atoms with Gasteiger partial charge >= 0.3 is 5.97 Å². The minimum atomic E-state index is -1.15. The third-order valence-electron chi connectivity index (χ3n) is 3.72. The molecule has 1 amide bonds. The number of aromatic nitrogens is 3. The molecule has 0 unspecified atom stereocenters. The van der Waals surface area contributed by atoms with Gasteiger partial charge in [0, 0.05) is 0 Å². The lowest BCUT2D eigenvalue weighted by Crippen LogP contribution is -2.43. The molecule has 0 spiro atoms. The van der Waals surface area contributed by atoms with Crippen molar-refractivity contribution in [3.8, 4) is 0 Å². The molecule has 8 heteroatoms. The Hall–Kier alpha value is -2.77. The highest BCUT2D eigenvalue weighted by molar-refractivity contribution is 5.84. The standard InChI is InChI=1S/C15H18N4O4/c1-3-9(2)13(14(22)16-8-12(20)21)19-15(23)10-6-4-5-7-11(10)17-18-19/h4-7,9,13H,3,8H2,1-2H3,(H,16,22)(H,20,21)/t9-,13-/m0/s1. The Kier molecular flexibility index (Phi) is 5.05. The molecule has 23 heavy (non-hydrogen) atoms. The number of hydrogen-bond donors (Lipinski definition) is 2. The summed E-state index contributed by atoms with van der Waals surface area (Å²) in [7, 11) is 0. The summed E-state index contributed by atoms with van der Waals surface area (Å²) < 4.78 is 1.04. The average molecular weight is 318 g/mol. The Morgan fingerprint density at radius 2 is 2.04 bits per heavy atom. The van der Waals surface area contributed by atoms with Crippen LogP contribution in [0.3, 0.4) is 0 Å². The number of carbonyl (C=O) groups excluding carboxylic acids is 1. The number of hydrogen-bond acceptors (Lipinski definition) is 5. The van der Waals surface area contributed by atoms with E-state index >= 15 is 0 Å². The lowest BCUT2D eigenvalue weighted by atomic mass is 9.98. The molecule has 8 nitrogen and oxygen atoms in total. The van der Waals surface area contributed by atoms with E-state index in [0.717, 1.165) is 4.68 Å². The van der Waals surface area contributed by atoms with Gasteiger partial charge in [0.15, 0.2) is 0 Å². The highest BCUT2D eigenvalue weighted by atomic mass is 16.4. The molecule has 0 aliphatic carbocycles. The summed E-state index contributed by atoms with van der Waals surface area (Å²) in [6.45, 7) is 3.16. The zero-order valence-corrected chi connectivity index (χ0v) is 12.9. The topological polar surface area (TPSA) is 114 Å². The summed E-state index contributed by atoms with van der Waals surface area (Å²) in [5.41, 5.74) is 0.0222. The molecule has 0 radical (unpaired) electrons. The Morgan fingerprint density at radius 1 is 1.35 bits per heavy atom. The van der Waals surface area contributed by atoms with Crippen molar-refractivity contribution >= 4 is 22.8 Å². The van der Waals surface area contributed by atoms with E-state index in [9.17, 15) is 14.4 Å². The van der Waals surface area contributed by atoms with Gasteiger partial charge in [-0.3, -0.25) is 14.4 Å². The molecule has 122 valence electrons. The first-order chi connectivity index (χ1) is 11.0. The number of benzene rings is 1. The highest BCUT2D eigenvalue weighted by Crippen LogP contribution is 2.19. The maximum Gasteiger partial charge on any atom is 0.322 e. The first-order valence-electron chi connectivity index (χ1n) is 7.29. The fraction of sp³-hybridized carbons (Fsp3) is 0.400. The predicted molar refractivity (Wildman–Crippen MR) is 82.9 cm³/mol. The number of amides is 1. The highest BCUT2D eigenvalue weighted by Gasteiger charge is 2.29. The molecule has 0 bridgehead atoms. The largest absolute Gasteiger partial charge is 0.480 e. The number of nitrogens with one attached hydrogen (secondary N) is 1. The van der Waals surface area contributed by atoms with Crippen LogP contribution in [-0.4, -0.2) is 38.5 Å². The number of rotatable bonds is 6. The van der Waals surface area contributed by atoms with Gasteiger partial charge in [0.05, 0.1) is 5.39 Å². The molecule has 0 aliphatic rings. The molecule has 0 fully saturated rings. The summed E-state index contributed by atoms with van der Waals surface area (Å²) in [5.74, 6) is -1.93. The molecule has 0 aliphatic heterocycles. The van der Waals surface area contributed by atoms with Crippen molar-refractivity contribution < 1.29 is 14.7 Å². The van der Waals surface area contributed by atoms with E-state index < -0.39 is 30.0 Å². The molecular weight excluding hydrogens is 300 g/mol. The van der Waals surface area contributed by atoms with Gasteiger partial charge in [0.2, 0.25) is 5.91 Å². The number of fused-ring (bicyclic) bond motifs is 1. The maximum absolute atomic E-state index is 12.6. The van der Waals surface area contributed by atoms with Crippen LogP contribution in [0.1, 0.15) is 26.3 Å². The maximum atomic E-state index is 12.6. The van der Waals surface area contributed by atoms with Crippen LogP contribution in [0.4, 0.5) is 0 Å². The predicted octanol–water partition coefficient (Wildman–Crippen LogP) is 0.579. The normalized spacial score (nSPS) is 13.5. The van der Waals surface area contributed by atoms with E-state index in [-0.39, 0.29) is 5.92 Å². The molecule has 0 saturated carbocycles. The molecule has 2 aromatic rings. The Labute approximate surface area is 132 Å². The first-order valence-corrected chi connectivity index (χ1v) is 7.29. The average Bonchev–Trinajstić information content (AvgIpc) is 2.55. The van der Waals surface area contributed by atoms with Crippen molar-refractivity contribution in [3.05, 3.63) is 34.6 Å². The Bertz CT molecular complexity index is 786. The number of carboxylic acids is 1. The zero-order valence-electron chi connectivity index (χ0n) is 12.9. The summed E-state index contributed by atoms with van der Waals surface area (Å²) >= 11 is 0. The van der Waals surface area contributed by atoms with Gasteiger partial charge in [-0.05, 0) is 18.1 Å². The fourth-order valence-corrected chi connectivity index (χ4v) is 2.29. The summed E-state index contributed by atoms with van der Waals surface area (Å²) in [5, 5.41) is 19.2. The third kappa shape index (κ3) is 3.53. The van der Waals surface area contributed by atoms with E-state index in [1.807, 2.05) is 6.92 Å². The van der Waals surface area contributed by atoms with Gasteiger partial charge in [-0.2, -0.15) is 4.68 Å². The van der Waals surface area contributed by atoms with Gasteiger partial charge in [-0.15, -0.1) is 5.10 Å². The molecular formula is C15H18N4O4.